The lowest BCUT2D eigenvalue weighted by atomic mass is 10.3. The molecular weight excluding hydrogens is 172 g/mol. The monoisotopic (exact) mass is 188 g/mol. The maximum atomic E-state index is 10.9. The van der Waals surface area contributed by atoms with E-state index in [1.807, 2.05) is 6.92 Å². The minimum Gasteiger partial charge on any atom is -0.316 e. The SMILES string of the molecule is CC(CNCCCC#N)S(C)=O. The second-order valence-corrected chi connectivity index (χ2v) is 4.58. The molecule has 0 fully saturated rings. The molecular formula is C8H16N2OS. The Labute approximate surface area is 76.6 Å². The molecule has 0 saturated heterocycles. The first-order valence-corrected chi connectivity index (χ1v) is 5.70. The van der Waals surface area contributed by atoms with E-state index >= 15 is 0 Å². The van der Waals surface area contributed by atoms with Crippen LogP contribution in [0.4, 0.5) is 0 Å². The van der Waals surface area contributed by atoms with Crippen LogP contribution in [-0.4, -0.2) is 28.8 Å². The molecule has 0 aromatic carbocycles. The summed E-state index contributed by atoms with van der Waals surface area (Å²) in [6.45, 7) is 3.57. The fourth-order valence-corrected chi connectivity index (χ4v) is 1.07. The van der Waals surface area contributed by atoms with Gasteiger partial charge in [0, 0.05) is 35.3 Å². The molecule has 0 aromatic heterocycles. The van der Waals surface area contributed by atoms with Crippen molar-refractivity contribution < 1.29 is 4.21 Å². The molecule has 0 rings (SSSR count). The van der Waals surface area contributed by atoms with Crippen LogP contribution in [0.3, 0.4) is 0 Å². The van der Waals surface area contributed by atoms with Gasteiger partial charge in [-0.05, 0) is 19.9 Å². The molecule has 0 bridgehead atoms. The van der Waals surface area contributed by atoms with E-state index in [2.05, 4.69) is 11.4 Å². The summed E-state index contributed by atoms with van der Waals surface area (Å²) >= 11 is 0. The smallest absolute Gasteiger partial charge is 0.0622 e. The first-order valence-electron chi connectivity index (χ1n) is 4.08. The van der Waals surface area contributed by atoms with Gasteiger partial charge in [-0.15, -0.1) is 0 Å². The Hall–Kier alpha value is -0.400. The van der Waals surface area contributed by atoms with Crippen LogP contribution >= 0.6 is 0 Å². The molecule has 70 valence electrons. The first kappa shape index (κ1) is 11.6. The highest BCUT2D eigenvalue weighted by Crippen LogP contribution is 1.90. The summed E-state index contributed by atoms with van der Waals surface area (Å²) in [4.78, 5) is 0. The van der Waals surface area contributed by atoms with Crippen LogP contribution in [0.2, 0.25) is 0 Å². The number of nitriles is 1. The summed E-state index contributed by atoms with van der Waals surface area (Å²) in [5.74, 6) is 0. The van der Waals surface area contributed by atoms with E-state index in [-0.39, 0.29) is 5.25 Å². The Bertz CT molecular complexity index is 176. The maximum absolute atomic E-state index is 10.9. The van der Waals surface area contributed by atoms with Crippen molar-refractivity contribution in [2.75, 3.05) is 19.3 Å². The first-order chi connectivity index (χ1) is 5.68. The van der Waals surface area contributed by atoms with Crippen LogP contribution < -0.4 is 5.32 Å². The van der Waals surface area contributed by atoms with E-state index < -0.39 is 10.8 Å². The van der Waals surface area contributed by atoms with Crippen molar-refractivity contribution in [2.45, 2.75) is 25.0 Å². The number of unbranched alkanes of at least 4 members (excludes halogenated alkanes) is 1. The van der Waals surface area contributed by atoms with Crippen LogP contribution in [0, 0.1) is 11.3 Å². The molecule has 0 amide bonds. The Morgan fingerprint density at radius 2 is 2.33 bits per heavy atom. The molecule has 0 aliphatic carbocycles. The van der Waals surface area contributed by atoms with Gasteiger partial charge in [-0.1, -0.05) is 0 Å². The Morgan fingerprint density at radius 1 is 1.67 bits per heavy atom. The third-order valence-corrected chi connectivity index (χ3v) is 2.94. The highest BCUT2D eigenvalue weighted by Gasteiger charge is 2.03. The lowest BCUT2D eigenvalue weighted by Crippen LogP contribution is -2.28. The summed E-state index contributed by atoms with van der Waals surface area (Å²) in [5, 5.41) is 11.6. The topological polar surface area (TPSA) is 52.9 Å². The number of hydrogen-bond acceptors (Lipinski definition) is 3. The number of nitrogens with zero attached hydrogens (tertiary/aromatic N) is 1. The maximum Gasteiger partial charge on any atom is 0.0622 e. The van der Waals surface area contributed by atoms with Crippen molar-refractivity contribution >= 4 is 10.8 Å². The largest absolute Gasteiger partial charge is 0.316 e. The minimum absolute atomic E-state index is 0.201. The molecule has 4 heteroatoms. The van der Waals surface area contributed by atoms with Gasteiger partial charge in [-0.25, -0.2) is 0 Å². The predicted molar refractivity (Wildman–Crippen MR) is 51.2 cm³/mol. The number of rotatable bonds is 6. The molecule has 2 atom stereocenters. The summed E-state index contributed by atoms with van der Waals surface area (Å²) in [6.07, 6.45) is 3.18. The van der Waals surface area contributed by atoms with Crippen molar-refractivity contribution in [1.29, 1.82) is 5.26 Å². The van der Waals surface area contributed by atoms with Crippen LogP contribution in [0.15, 0.2) is 0 Å². The van der Waals surface area contributed by atoms with Gasteiger partial charge in [0.2, 0.25) is 0 Å². The summed E-state index contributed by atoms with van der Waals surface area (Å²) in [6, 6.07) is 2.08. The van der Waals surface area contributed by atoms with Crippen molar-refractivity contribution in [1.82, 2.24) is 5.32 Å². The standard InChI is InChI=1S/C8H16N2OS/c1-8(12(2)11)7-10-6-4-3-5-9/h8,10H,3-4,6-7H2,1-2H3. The van der Waals surface area contributed by atoms with E-state index in [1.165, 1.54) is 0 Å². The molecule has 0 aliphatic heterocycles. The second-order valence-electron chi connectivity index (χ2n) is 2.78. The second kappa shape index (κ2) is 7.26. The zero-order chi connectivity index (χ0) is 9.40. The summed E-state index contributed by atoms with van der Waals surface area (Å²) in [7, 11) is -0.745. The van der Waals surface area contributed by atoms with Crippen LogP contribution in [-0.2, 0) is 10.8 Å². The third kappa shape index (κ3) is 6.32. The summed E-state index contributed by atoms with van der Waals surface area (Å²) < 4.78 is 10.9. The molecule has 0 saturated carbocycles. The van der Waals surface area contributed by atoms with Gasteiger partial charge in [-0.3, -0.25) is 4.21 Å². The fraction of sp³-hybridized carbons (Fsp3) is 0.875. The average Bonchev–Trinajstić information content (AvgIpc) is 2.03. The lowest BCUT2D eigenvalue weighted by Gasteiger charge is -2.08. The molecule has 12 heavy (non-hydrogen) atoms. The zero-order valence-electron chi connectivity index (χ0n) is 7.67. The molecule has 1 N–H and O–H groups in total. The van der Waals surface area contributed by atoms with Gasteiger partial charge in [0.05, 0.1) is 6.07 Å². The van der Waals surface area contributed by atoms with E-state index in [1.54, 1.807) is 6.26 Å². The summed E-state index contributed by atoms with van der Waals surface area (Å²) in [5.41, 5.74) is 0. The molecule has 0 aromatic rings. The van der Waals surface area contributed by atoms with Gasteiger partial charge in [0.15, 0.2) is 0 Å². The van der Waals surface area contributed by atoms with Gasteiger partial charge >= 0.3 is 0 Å². The van der Waals surface area contributed by atoms with Gasteiger partial charge in [0.25, 0.3) is 0 Å². The third-order valence-electron chi connectivity index (χ3n) is 1.64. The Morgan fingerprint density at radius 3 is 2.83 bits per heavy atom. The Balaban J connectivity index is 3.21. The van der Waals surface area contributed by atoms with Gasteiger partial charge < -0.3 is 5.32 Å². The van der Waals surface area contributed by atoms with Crippen LogP contribution in [0.1, 0.15) is 19.8 Å². The molecule has 2 unspecified atom stereocenters. The van der Waals surface area contributed by atoms with Crippen molar-refractivity contribution in [3.8, 4) is 6.07 Å². The molecule has 0 heterocycles. The van der Waals surface area contributed by atoms with Crippen LogP contribution in [0.25, 0.3) is 0 Å². The molecule has 0 radical (unpaired) electrons. The number of nitrogens with one attached hydrogen (secondary N) is 1. The zero-order valence-corrected chi connectivity index (χ0v) is 8.49. The Kier molecular flexibility index (Phi) is 7.02. The average molecular weight is 188 g/mol. The normalized spacial score (nSPS) is 15.1. The predicted octanol–water partition coefficient (Wildman–Crippen LogP) is 0.647. The quantitative estimate of drug-likeness (QED) is 0.623. The fourth-order valence-electron chi connectivity index (χ4n) is 0.715. The molecule has 0 aliphatic rings. The van der Waals surface area contributed by atoms with Crippen molar-refractivity contribution in [3.05, 3.63) is 0 Å². The van der Waals surface area contributed by atoms with Gasteiger partial charge in [-0.2, -0.15) is 5.26 Å². The lowest BCUT2D eigenvalue weighted by molar-refractivity contribution is 0.633. The van der Waals surface area contributed by atoms with E-state index in [4.69, 9.17) is 5.26 Å². The van der Waals surface area contributed by atoms with Crippen molar-refractivity contribution in [2.24, 2.45) is 0 Å². The van der Waals surface area contributed by atoms with Gasteiger partial charge in [0.1, 0.15) is 0 Å². The highest BCUT2D eigenvalue weighted by molar-refractivity contribution is 7.84. The van der Waals surface area contributed by atoms with E-state index in [0.717, 1.165) is 19.5 Å². The molecule has 0 spiro atoms. The molecule has 3 nitrogen and oxygen atoms in total. The van der Waals surface area contributed by atoms with Crippen LogP contribution in [0.5, 0.6) is 0 Å². The minimum atomic E-state index is -0.745. The van der Waals surface area contributed by atoms with E-state index in [9.17, 15) is 4.21 Å². The van der Waals surface area contributed by atoms with Crippen molar-refractivity contribution in [3.63, 3.8) is 0 Å². The number of hydrogen-bond donors (Lipinski definition) is 1. The van der Waals surface area contributed by atoms with E-state index in [0.29, 0.717) is 6.42 Å². The highest BCUT2D eigenvalue weighted by atomic mass is 32.2.